The van der Waals surface area contributed by atoms with Crippen LogP contribution in [0.15, 0.2) is 65.2 Å². The van der Waals surface area contributed by atoms with Crippen LogP contribution in [0.25, 0.3) is 0 Å². The lowest BCUT2D eigenvalue weighted by Crippen LogP contribution is -2.43. The third-order valence-electron chi connectivity index (χ3n) is 6.13. The maximum atomic E-state index is 13.1. The average Bonchev–Trinajstić information content (AvgIpc) is 3.35. The molecule has 7 nitrogen and oxygen atoms in total. The largest absolute Gasteiger partial charge is 0.484 e. The summed E-state index contributed by atoms with van der Waals surface area (Å²) < 4.78 is 11.1. The lowest BCUT2D eigenvalue weighted by Gasteiger charge is -2.33. The lowest BCUT2D eigenvalue weighted by molar-refractivity contribution is -0.137. The van der Waals surface area contributed by atoms with E-state index in [1.165, 1.54) is 12.0 Å². The molecule has 4 rings (SSSR count). The van der Waals surface area contributed by atoms with Crippen LogP contribution in [0.4, 0.5) is 0 Å². The molecule has 0 atom stereocenters. The van der Waals surface area contributed by atoms with Gasteiger partial charge in [0, 0.05) is 18.7 Å². The number of carbonyl (C=O) groups excluding carboxylic acids is 2. The van der Waals surface area contributed by atoms with Crippen LogP contribution in [0.5, 0.6) is 5.75 Å². The molecule has 0 radical (unpaired) electrons. The summed E-state index contributed by atoms with van der Waals surface area (Å²) in [6.07, 6.45) is 5.28. The minimum absolute atomic E-state index is 0.0431. The first kappa shape index (κ1) is 23.5. The molecule has 0 bridgehead atoms. The quantitative estimate of drug-likeness (QED) is 0.501. The molecule has 0 saturated heterocycles. The van der Waals surface area contributed by atoms with Crippen LogP contribution in [-0.2, 0) is 17.9 Å². The van der Waals surface area contributed by atoms with Gasteiger partial charge in [-0.25, -0.2) is 0 Å². The first-order valence-corrected chi connectivity index (χ1v) is 11.8. The van der Waals surface area contributed by atoms with Gasteiger partial charge >= 0.3 is 0 Å². The Hall–Kier alpha value is -3.61. The monoisotopic (exact) mass is 461 g/mol. The number of hydrogen-bond donors (Lipinski definition) is 1. The first-order chi connectivity index (χ1) is 16.6. The van der Waals surface area contributed by atoms with E-state index in [1.807, 2.05) is 66.4 Å². The van der Waals surface area contributed by atoms with Gasteiger partial charge in [0.1, 0.15) is 5.75 Å². The van der Waals surface area contributed by atoms with Crippen molar-refractivity contribution in [1.82, 2.24) is 15.4 Å². The zero-order valence-corrected chi connectivity index (χ0v) is 19.5. The fourth-order valence-electron chi connectivity index (χ4n) is 4.20. The van der Waals surface area contributed by atoms with Gasteiger partial charge in [0.25, 0.3) is 11.8 Å². The van der Waals surface area contributed by atoms with Gasteiger partial charge in [0.2, 0.25) is 0 Å². The number of hydrogen-bond acceptors (Lipinski definition) is 5. The van der Waals surface area contributed by atoms with Crippen LogP contribution < -0.4 is 10.1 Å². The van der Waals surface area contributed by atoms with Crippen LogP contribution in [0, 0.1) is 6.92 Å². The van der Waals surface area contributed by atoms with Crippen molar-refractivity contribution in [2.45, 2.75) is 58.2 Å². The number of ether oxygens (including phenoxy) is 1. The van der Waals surface area contributed by atoms with Gasteiger partial charge in [-0.3, -0.25) is 9.59 Å². The third-order valence-corrected chi connectivity index (χ3v) is 6.13. The van der Waals surface area contributed by atoms with Gasteiger partial charge in [-0.1, -0.05) is 72.4 Å². The van der Waals surface area contributed by atoms with E-state index in [-0.39, 0.29) is 36.7 Å². The van der Waals surface area contributed by atoms with E-state index in [9.17, 15) is 9.59 Å². The molecule has 1 fully saturated rings. The topological polar surface area (TPSA) is 84.7 Å². The second-order valence-corrected chi connectivity index (χ2v) is 8.76. The number of aromatic nitrogens is 1. The summed E-state index contributed by atoms with van der Waals surface area (Å²) >= 11 is 0. The minimum Gasteiger partial charge on any atom is -0.484 e. The number of rotatable bonds is 9. The molecule has 0 spiro atoms. The summed E-state index contributed by atoms with van der Waals surface area (Å²) in [5.41, 5.74) is 2.39. The average molecular weight is 462 g/mol. The van der Waals surface area contributed by atoms with Crippen molar-refractivity contribution < 1.29 is 18.8 Å². The van der Waals surface area contributed by atoms with Crippen molar-refractivity contribution >= 4 is 11.8 Å². The van der Waals surface area contributed by atoms with Crippen LogP contribution >= 0.6 is 0 Å². The van der Waals surface area contributed by atoms with Crippen molar-refractivity contribution in [1.29, 1.82) is 0 Å². The first-order valence-electron chi connectivity index (χ1n) is 11.8. The summed E-state index contributed by atoms with van der Waals surface area (Å²) in [5.74, 6) is 0.738. The van der Waals surface area contributed by atoms with E-state index in [0.717, 1.165) is 31.2 Å². The maximum Gasteiger partial charge on any atom is 0.273 e. The highest BCUT2D eigenvalue weighted by atomic mass is 16.5. The van der Waals surface area contributed by atoms with Gasteiger partial charge in [-0.2, -0.15) is 0 Å². The molecule has 178 valence electrons. The molecule has 1 N–H and O–H groups in total. The molecule has 1 aliphatic carbocycles. The Morgan fingerprint density at radius 2 is 1.79 bits per heavy atom. The van der Waals surface area contributed by atoms with Gasteiger partial charge in [0.15, 0.2) is 18.1 Å². The van der Waals surface area contributed by atoms with Crippen molar-refractivity contribution in [2.24, 2.45) is 0 Å². The fraction of sp³-hybridized carbons (Fsp3) is 0.370. The molecule has 1 heterocycles. The zero-order valence-electron chi connectivity index (χ0n) is 19.5. The number of carbonyl (C=O) groups is 2. The molecule has 34 heavy (non-hydrogen) atoms. The normalized spacial score (nSPS) is 13.9. The highest BCUT2D eigenvalue weighted by molar-refractivity contribution is 5.92. The van der Waals surface area contributed by atoms with Crippen LogP contribution in [0.1, 0.15) is 59.5 Å². The number of benzene rings is 2. The van der Waals surface area contributed by atoms with E-state index in [4.69, 9.17) is 9.26 Å². The van der Waals surface area contributed by atoms with Crippen molar-refractivity contribution in [2.75, 3.05) is 6.61 Å². The number of nitrogens with one attached hydrogen (secondary N) is 1. The maximum absolute atomic E-state index is 13.1. The Balaban J connectivity index is 1.38. The highest BCUT2D eigenvalue weighted by Gasteiger charge is 2.27. The number of nitrogens with zero attached hydrogens (tertiary/aromatic N) is 2. The summed E-state index contributed by atoms with van der Waals surface area (Å²) in [6.45, 7) is 2.65. The Kier molecular flexibility index (Phi) is 7.96. The third kappa shape index (κ3) is 6.47. The zero-order chi connectivity index (χ0) is 23.8. The van der Waals surface area contributed by atoms with Crippen molar-refractivity contribution in [3.63, 3.8) is 0 Å². The highest BCUT2D eigenvalue weighted by Crippen LogP contribution is 2.25. The molecule has 7 heteroatoms. The van der Waals surface area contributed by atoms with Gasteiger partial charge < -0.3 is 19.5 Å². The Morgan fingerprint density at radius 1 is 1.06 bits per heavy atom. The number of para-hydroxylation sites is 1. The summed E-state index contributed by atoms with van der Waals surface area (Å²) in [5, 5.41) is 6.80. The number of amides is 2. The second-order valence-electron chi connectivity index (χ2n) is 8.76. The molecule has 1 aliphatic rings. The molecule has 2 aromatic carbocycles. The van der Waals surface area contributed by atoms with Crippen LogP contribution in [0.3, 0.4) is 0 Å². The summed E-state index contributed by atoms with van der Waals surface area (Å²) in [6, 6.07) is 19.0. The molecule has 0 aliphatic heterocycles. The predicted molar refractivity (Wildman–Crippen MR) is 128 cm³/mol. The summed E-state index contributed by atoms with van der Waals surface area (Å²) in [4.78, 5) is 27.5. The number of aryl methyl sites for hydroxylation is 1. The molecular formula is C27H31N3O4. The van der Waals surface area contributed by atoms with E-state index in [1.54, 1.807) is 6.07 Å². The SMILES string of the molecule is Cc1ccc(CNC(=O)c2cc(CN(C(=O)COc3ccccc3)C3CCCCC3)on2)cc1. The second kappa shape index (κ2) is 11.5. The van der Waals surface area contributed by atoms with Gasteiger partial charge in [-0.05, 0) is 37.5 Å². The van der Waals surface area contributed by atoms with Gasteiger partial charge in [-0.15, -0.1) is 0 Å². The smallest absolute Gasteiger partial charge is 0.273 e. The standard InChI is InChI=1S/C27H31N3O4/c1-20-12-14-21(15-13-20)17-28-27(32)25-16-24(34-29-25)18-30(22-8-4-2-5-9-22)26(31)19-33-23-10-6-3-7-11-23/h3,6-7,10-16,22H,2,4-5,8-9,17-19H2,1H3,(H,28,32). The predicted octanol–water partition coefficient (Wildman–Crippen LogP) is 4.65. The Morgan fingerprint density at radius 3 is 2.53 bits per heavy atom. The van der Waals surface area contributed by atoms with Crippen molar-refractivity contribution in [3.05, 3.63) is 83.2 Å². The van der Waals surface area contributed by atoms with E-state index in [0.29, 0.717) is 18.1 Å². The molecule has 2 amide bonds. The fourth-order valence-corrected chi connectivity index (χ4v) is 4.20. The Bertz CT molecular complexity index is 1070. The molecule has 0 unspecified atom stereocenters. The van der Waals surface area contributed by atoms with Crippen molar-refractivity contribution in [3.8, 4) is 5.75 Å². The molecular weight excluding hydrogens is 430 g/mol. The van der Waals surface area contributed by atoms with Crippen LogP contribution in [-0.4, -0.2) is 34.5 Å². The summed E-state index contributed by atoms with van der Waals surface area (Å²) in [7, 11) is 0. The van der Waals surface area contributed by atoms with Gasteiger partial charge in [0.05, 0.1) is 6.54 Å². The molecule has 1 saturated carbocycles. The lowest BCUT2D eigenvalue weighted by atomic mass is 9.94. The van der Waals surface area contributed by atoms with E-state index >= 15 is 0 Å². The molecule has 1 aromatic heterocycles. The minimum atomic E-state index is -0.307. The Labute approximate surface area is 200 Å². The van der Waals surface area contributed by atoms with E-state index < -0.39 is 0 Å². The molecule has 3 aromatic rings. The van der Waals surface area contributed by atoms with E-state index in [2.05, 4.69) is 10.5 Å². The van der Waals surface area contributed by atoms with Crippen LogP contribution in [0.2, 0.25) is 0 Å².